The molecule has 3 aromatic carbocycles. The second kappa shape index (κ2) is 10.5. The zero-order valence-electron chi connectivity index (χ0n) is 20.4. The molecule has 1 atom stereocenters. The minimum atomic E-state index is -1.01. The molecule has 0 bridgehead atoms. The maximum atomic E-state index is 14.1. The van der Waals surface area contributed by atoms with Crippen molar-refractivity contribution >= 4 is 11.9 Å². The van der Waals surface area contributed by atoms with Gasteiger partial charge >= 0.3 is 5.97 Å². The zero-order chi connectivity index (χ0) is 25.1. The van der Waals surface area contributed by atoms with Gasteiger partial charge in [0, 0.05) is 25.1 Å². The fourth-order valence-corrected chi connectivity index (χ4v) is 5.07. The van der Waals surface area contributed by atoms with Crippen molar-refractivity contribution in [3.63, 3.8) is 0 Å². The Hall–Kier alpha value is -3.64. The van der Waals surface area contributed by atoms with Crippen LogP contribution in [-0.2, 0) is 33.9 Å². The molecule has 1 N–H and O–H groups in total. The number of hydrogen-bond acceptors (Lipinski definition) is 4. The number of carboxylic acids is 1. The molecule has 0 saturated heterocycles. The van der Waals surface area contributed by atoms with Gasteiger partial charge in [0.1, 0.15) is 11.8 Å². The van der Waals surface area contributed by atoms with Gasteiger partial charge in [-0.2, -0.15) is 0 Å². The molecule has 6 nitrogen and oxygen atoms in total. The molecule has 1 aliphatic heterocycles. The Morgan fingerprint density at radius 1 is 0.972 bits per heavy atom. The fourth-order valence-electron chi connectivity index (χ4n) is 5.07. The average Bonchev–Trinajstić information content (AvgIpc) is 3.74. The van der Waals surface area contributed by atoms with E-state index in [1.165, 1.54) is 17.7 Å². The maximum absolute atomic E-state index is 14.1. The van der Waals surface area contributed by atoms with E-state index in [2.05, 4.69) is 0 Å². The summed E-state index contributed by atoms with van der Waals surface area (Å²) < 4.78 is 11.6. The van der Waals surface area contributed by atoms with Gasteiger partial charge in [-0.15, -0.1) is 0 Å². The van der Waals surface area contributed by atoms with Gasteiger partial charge < -0.3 is 19.5 Å². The lowest BCUT2D eigenvalue weighted by molar-refractivity contribution is -0.151. The lowest BCUT2D eigenvalue weighted by atomic mass is 9.85. The zero-order valence-corrected chi connectivity index (χ0v) is 20.4. The van der Waals surface area contributed by atoms with Crippen LogP contribution in [0.25, 0.3) is 0 Å². The molecule has 3 aromatic rings. The predicted octanol–water partition coefficient (Wildman–Crippen LogP) is 4.79. The van der Waals surface area contributed by atoms with E-state index in [-0.39, 0.29) is 18.9 Å². The van der Waals surface area contributed by atoms with E-state index in [1.807, 2.05) is 72.8 Å². The first-order valence-electron chi connectivity index (χ1n) is 12.5. The molecule has 186 valence electrons. The molecule has 0 radical (unpaired) electrons. The van der Waals surface area contributed by atoms with Crippen LogP contribution in [0.2, 0.25) is 0 Å². The highest BCUT2D eigenvalue weighted by molar-refractivity contribution is 5.91. The molecule has 1 amide bonds. The number of benzene rings is 3. The van der Waals surface area contributed by atoms with Crippen molar-refractivity contribution in [2.75, 3.05) is 13.7 Å². The molecule has 1 unspecified atom stereocenters. The van der Waals surface area contributed by atoms with Crippen LogP contribution in [0, 0.1) is 5.92 Å². The molecule has 0 aromatic heterocycles. The number of nitrogens with zero attached hydrogens (tertiary/aromatic N) is 1. The van der Waals surface area contributed by atoms with Crippen molar-refractivity contribution in [3.05, 3.63) is 101 Å². The van der Waals surface area contributed by atoms with Crippen LogP contribution in [0.1, 0.15) is 46.6 Å². The summed E-state index contributed by atoms with van der Waals surface area (Å²) >= 11 is 0. The summed E-state index contributed by atoms with van der Waals surface area (Å²) in [7, 11) is 1.61. The lowest BCUT2D eigenvalue weighted by Crippen LogP contribution is -2.50. The van der Waals surface area contributed by atoms with E-state index in [9.17, 15) is 14.7 Å². The Kier molecular flexibility index (Phi) is 7.05. The van der Waals surface area contributed by atoms with Gasteiger partial charge in [0.25, 0.3) is 0 Å². The van der Waals surface area contributed by atoms with E-state index in [0.717, 1.165) is 27.8 Å². The second-order valence-corrected chi connectivity index (χ2v) is 9.62. The molecule has 6 heteroatoms. The van der Waals surface area contributed by atoms with E-state index >= 15 is 0 Å². The second-order valence-electron chi connectivity index (χ2n) is 9.62. The summed E-state index contributed by atoms with van der Waals surface area (Å²) in [6, 6.07) is 22.0. The minimum absolute atomic E-state index is 0.214. The summed E-state index contributed by atoms with van der Waals surface area (Å²) in [6.45, 7) is 1.30. The van der Waals surface area contributed by atoms with Crippen molar-refractivity contribution in [3.8, 4) is 5.75 Å². The quantitative estimate of drug-likeness (QED) is 0.472. The largest absolute Gasteiger partial charge is 0.496 e. The topological polar surface area (TPSA) is 76.1 Å². The fraction of sp³-hybridized carbons (Fsp3) is 0.333. The number of fused-ring (bicyclic) bond motifs is 1. The SMILES string of the molecule is COc1ccc2c(c1COCC1CC1)CC(C(=O)O)N(C(=O)C(c1ccccc1)c1ccccc1)C2. The third-order valence-corrected chi connectivity index (χ3v) is 7.20. The van der Waals surface area contributed by atoms with Crippen LogP contribution in [0.4, 0.5) is 0 Å². The highest BCUT2D eigenvalue weighted by atomic mass is 16.5. The number of carboxylic acid groups (broad SMARTS) is 1. The predicted molar refractivity (Wildman–Crippen MR) is 136 cm³/mol. The van der Waals surface area contributed by atoms with Crippen LogP contribution in [0.5, 0.6) is 5.75 Å². The van der Waals surface area contributed by atoms with Crippen LogP contribution < -0.4 is 4.74 Å². The Morgan fingerprint density at radius 2 is 1.61 bits per heavy atom. The monoisotopic (exact) mass is 485 g/mol. The van der Waals surface area contributed by atoms with Gasteiger partial charge in [-0.25, -0.2) is 4.79 Å². The van der Waals surface area contributed by atoms with Gasteiger partial charge in [0.05, 0.1) is 19.6 Å². The number of ether oxygens (including phenoxy) is 2. The van der Waals surface area contributed by atoms with E-state index in [0.29, 0.717) is 24.9 Å². The lowest BCUT2D eigenvalue weighted by Gasteiger charge is -2.38. The van der Waals surface area contributed by atoms with Gasteiger partial charge in [0.15, 0.2) is 0 Å². The molecule has 1 heterocycles. The number of carbonyl (C=O) groups excluding carboxylic acids is 1. The molecule has 1 fully saturated rings. The Morgan fingerprint density at radius 3 is 2.17 bits per heavy atom. The van der Waals surface area contributed by atoms with Crippen molar-refractivity contribution in [1.29, 1.82) is 0 Å². The summed E-state index contributed by atoms with van der Waals surface area (Å²) in [5, 5.41) is 10.2. The maximum Gasteiger partial charge on any atom is 0.326 e. The van der Waals surface area contributed by atoms with Crippen LogP contribution in [0.15, 0.2) is 72.8 Å². The smallest absolute Gasteiger partial charge is 0.326 e. The molecule has 36 heavy (non-hydrogen) atoms. The Bertz CT molecular complexity index is 1180. The van der Waals surface area contributed by atoms with Gasteiger partial charge in [0.2, 0.25) is 5.91 Å². The van der Waals surface area contributed by atoms with Gasteiger partial charge in [-0.1, -0.05) is 66.7 Å². The first-order chi connectivity index (χ1) is 17.6. The van der Waals surface area contributed by atoms with Crippen molar-refractivity contribution in [2.45, 2.75) is 44.4 Å². The molecule has 0 spiro atoms. The van der Waals surface area contributed by atoms with E-state index in [1.54, 1.807) is 7.11 Å². The molecular formula is C30H31NO5. The van der Waals surface area contributed by atoms with E-state index < -0.39 is 17.9 Å². The van der Waals surface area contributed by atoms with Crippen LogP contribution >= 0.6 is 0 Å². The summed E-state index contributed by atoms with van der Waals surface area (Å²) in [6.07, 6.45) is 2.62. The summed E-state index contributed by atoms with van der Waals surface area (Å²) in [4.78, 5) is 28.1. The van der Waals surface area contributed by atoms with Gasteiger partial charge in [-0.05, 0) is 47.1 Å². The third kappa shape index (κ3) is 5.00. The van der Waals surface area contributed by atoms with Crippen LogP contribution in [0.3, 0.4) is 0 Å². The third-order valence-electron chi connectivity index (χ3n) is 7.20. The highest BCUT2D eigenvalue weighted by Crippen LogP contribution is 2.36. The molecule has 1 saturated carbocycles. The molecular weight excluding hydrogens is 454 g/mol. The van der Waals surface area contributed by atoms with Crippen molar-refractivity contribution in [2.24, 2.45) is 5.92 Å². The molecule has 5 rings (SSSR count). The Balaban J connectivity index is 1.50. The number of amides is 1. The van der Waals surface area contributed by atoms with E-state index in [4.69, 9.17) is 9.47 Å². The van der Waals surface area contributed by atoms with Crippen molar-refractivity contribution < 1.29 is 24.2 Å². The first-order valence-corrected chi connectivity index (χ1v) is 12.5. The van der Waals surface area contributed by atoms with Gasteiger partial charge in [-0.3, -0.25) is 4.79 Å². The standard InChI is InChI=1S/C30H31NO5/c1-35-27-15-14-23-17-31(26(30(33)34)16-24(23)25(27)19-36-18-20-12-13-20)29(32)28(21-8-4-2-5-9-21)22-10-6-3-7-11-22/h2-11,14-15,20,26,28H,12-13,16-19H2,1H3,(H,33,34). The minimum Gasteiger partial charge on any atom is -0.496 e. The Labute approximate surface area is 211 Å². The normalized spacial score (nSPS) is 17.1. The van der Waals surface area contributed by atoms with Crippen molar-refractivity contribution in [1.82, 2.24) is 4.90 Å². The molecule has 2 aliphatic rings. The number of hydrogen-bond donors (Lipinski definition) is 1. The summed E-state index contributed by atoms with van der Waals surface area (Å²) in [5.74, 6) is -0.493. The number of carbonyl (C=O) groups is 2. The molecule has 1 aliphatic carbocycles. The highest BCUT2D eigenvalue weighted by Gasteiger charge is 2.39. The first kappa shape index (κ1) is 24.1. The number of methoxy groups -OCH3 is 1. The average molecular weight is 486 g/mol. The summed E-state index contributed by atoms with van der Waals surface area (Å²) in [5.41, 5.74) is 4.42. The number of rotatable bonds is 9. The van der Waals surface area contributed by atoms with Crippen LogP contribution in [-0.4, -0.2) is 41.6 Å². The number of aliphatic carboxylic acids is 1.